The third-order valence-electron chi connectivity index (χ3n) is 5.13. The Labute approximate surface area is 161 Å². The van der Waals surface area contributed by atoms with Crippen LogP contribution >= 0.6 is 0 Å². The van der Waals surface area contributed by atoms with Crippen LogP contribution in [0.4, 0.5) is 8.78 Å². The molecule has 0 amide bonds. The average molecular weight is 410 g/mol. The summed E-state index contributed by atoms with van der Waals surface area (Å²) in [5, 5.41) is 11.7. The fraction of sp³-hybridized carbons (Fsp3) is 0.368. The van der Waals surface area contributed by atoms with Gasteiger partial charge in [-0.3, -0.25) is 0 Å². The summed E-state index contributed by atoms with van der Waals surface area (Å²) >= 11 is 0. The minimum absolute atomic E-state index is 0.0776. The zero-order chi connectivity index (χ0) is 20.1. The number of β-amino-alcohol motifs (C(OH)–C–C–N with tert-alkyl or cyclic N) is 1. The summed E-state index contributed by atoms with van der Waals surface area (Å²) in [5.74, 6) is -0.986. The zero-order valence-corrected chi connectivity index (χ0v) is 16.0. The quantitative estimate of drug-likeness (QED) is 0.699. The summed E-state index contributed by atoms with van der Waals surface area (Å²) in [6.07, 6.45) is -1.42. The molecule has 0 bridgehead atoms. The largest absolute Gasteiger partial charge is 0.390 e. The van der Waals surface area contributed by atoms with Crippen molar-refractivity contribution in [2.45, 2.75) is 18.8 Å². The predicted molar refractivity (Wildman–Crippen MR) is 102 cm³/mol. The summed E-state index contributed by atoms with van der Waals surface area (Å²) in [6, 6.07) is 8.40. The number of methoxy groups -OCH3 is 1. The summed E-state index contributed by atoms with van der Waals surface area (Å²) in [7, 11) is -2.02. The second kappa shape index (κ2) is 7.07. The lowest BCUT2D eigenvalue weighted by atomic mass is 10.1. The molecule has 2 unspecified atom stereocenters. The number of hydrogen-bond donors (Lipinski definition) is 1. The highest BCUT2D eigenvalue weighted by atomic mass is 32.2. The molecule has 2 atom stereocenters. The van der Waals surface area contributed by atoms with Crippen LogP contribution in [0.3, 0.4) is 0 Å². The van der Waals surface area contributed by atoms with Gasteiger partial charge < -0.3 is 14.4 Å². The topological polar surface area (TPSA) is 71.8 Å². The summed E-state index contributed by atoms with van der Waals surface area (Å²) in [4.78, 5) is 0. The lowest BCUT2D eigenvalue weighted by Crippen LogP contribution is -2.36. The Kier molecular flexibility index (Phi) is 4.86. The van der Waals surface area contributed by atoms with Crippen LogP contribution in [0.25, 0.3) is 21.8 Å². The van der Waals surface area contributed by atoms with Crippen molar-refractivity contribution < 1.29 is 27.0 Å². The molecule has 1 aromatic heterocycles. The Morgan fingerprint density at radius 2 is 1.68 bits per heavy atom. The summed E-state index contributed by atoms with van der Waals surface area (Å²) in [5.41, 5.74) is 1.28. The minimum Gasteiger partial charge on any atom is -0.390 e. The monoisotopic (exact) mass is 410 g/mol. The van der Waals surface area contributed by atoms with Crippen molar-refractivity contribution in [3.63, 3.8) is 0 Å². The smallest absolute Gasteiger partial charge is 0.216 e. The summed E-state index contributed by atoms with van der Waals surface area (Å²) < 4.78 is 60.0. The standard InChI is InChI=1S/C19H20F2N2O4S/c1-27-15-10-22(28(25,26)11-15)8-14(24)9-23-18-4-2-12(20)6-16(18)17-7-13(21)3-5-19(17)23/h2-7,14-15,24H,8-11H2,1H3. The molecule has 0 radical (unpaired) electrons. The highest BCUT2D eigenvalue weighted by molar-refractivity contribution is 7.89. The van der Waals surface area contributed by atoms with Crippen LogP contribution in [-0.4, -0.2) is 60.6 Å². The Morgan fingerprint density at radius 3 is 2.18 bits per heavy atom. The molecule has 4 rings (SSSR count). The number of fused-ring (bicyclic) bond motifs is 3. The first kappa shape index (κ1) is 19.3. The Bertz CT molecular complexity index is 1090. The van der Waals surface area contributed by atoms with E-state index >= 15 is 0 Å². The van der Waals surface area contributed by atoms with E-state index in [9.17, 15) is 22.3 Å². The van der Waals surface area contributed by atoms with Gasteiger partial charge in [-0.2, -0.15) is 4.31 Å². The number of aromatic nitrogens is 1. The molecule has 9 heteroatoms. The van der Waals surface area contributed by atoms with Gasteiger partial charge in [-0.1, -0.05) is 0 Å². The molecule has 1 saturated heterocycles. The summed E-state index contributed by atoms with van der Waals surface area (Å²) in [6.45, 7) is 0.201. The molecule has 0 saturated carbocycles. The third-order valence-corrected chi connectivity index (χ3v) is 7.01. The van der Waals surface area contributed by atoms with E-state index in [-0.39, 0.29) is 25.4 Å². The predicted octanol–water partition coefficient (Wildman–Crippen LogP) is 2.09. The molecule has 3 aromatic rings. The number of halogens is 2. The van der Waals surface area contributed by atoms with Crippen LogP contribution in [0.1, 0.15) is 0 Å². The number of benzene rings is 2. The van der Waals surface area contributed by atoms with E-state index in [1.54, 1.807) is 16.7 Å². The maximum absolute atomic E-state index is 13.7. The number of hydrogen-bond acceptors (Lipinski definition) is 4. The highest BCUT2D eigenvalue weighted by Crippen LogP contribution is 2.30. The molecule has 1 aliphatic heterocycles. The molecule has 1 fully saturated rings. The van der Waals surface area contributed by atoms with Crippen molar-refractivity contribution in [2.75, 3.05) is 26.0 Å². The average Bonchev–Trinajstić information content (AvgIpc) is 3.09. The molecule has 1 aliphatic rings. The first-order valence-electron chi connectivity index (χ1n) is 8.84. The number of nitrogens with zero attached hydrogens (tertiary/aromatic N) is 2. The zero-order valence-electron chi connectivity index (χ0n) is 15.2. The second-order valence-corrected chi connectivity index (χ2v) is 9.05. The Balaban J connectivity index is 1.67. The number of ether oxygens (including phenoxy) is 1. The minimum atomic E-state index is -3.48. The maximum atomic E-state index is 13.7. The van der Waals surface area contributed by atoms with Gasteiger partial charge in [-0.05, 0) is 36.4 Å². The van der Waals surface area contributed by atoms with Crippen LogP contribution in [0.15, 0.2) is 36.4 Å². The van der Waals surface area contributed by atoms with Crippen LogP contribution < -0.4 is 0 Å². The number of sulfonamides is 1. The van der Waals surface area contributed by atoms with Gasteiger partial charge in [0.1, 0.15) is 11.6 Å². The first-order chi connectivity index (χ1) is 13.3. The van der Waals surface area contributed by atoms with Crippen molar-refractivity contribution >= 4 is 31.8 Å². The van der Waals surface area contributed by atoms with Crippen molar-refractivity contribution in [3.05, 3.63) is 48.0 Å². The van der Waals surface area contributed by atoms with E-state index in [4.69, 9.17) is 4.74 Å². The van der Waals surface area contributed by atoms with Crippen molar-refractivity contribution in [1.82, 2.24) is 8.87 Å². The second-order valence-electron chi connectivity index (χ2n) is 7.04. The SMILES string of the molecule is COC1CN(CC(O)Cn2c3ccc(F)cc3c3cc(F)ccc32)S(=O)(=O)C1. The van der Waals surface area contributed by atoms with Gasteiger partial charge in [-0.15, -0.1) is 0 Å². The molecule has 28 heavy (non-hydrogen) atoms. The molecular formula is C19H20F2N2O4S. The van der Waals surface area contributed by atoms with Gasteiger partial charge in [0.05, 0.1) is 24.5 Å². The fourth-order valence-corrected chi connectivity index (χ4v) is 5.53. The van der Waals surface area contributed by atoms with Crippen LogP contribution in [0.5, 0.6) is 0 Å². The van der Waals surface area contributed by atoms with Gasteiger partial charge in [0, 0.05) is 42.0 Å². The molecule has 1 N–H and O–H groups in total. The molecule has 2 aromatic carbocycles. The molecule has 2 heterocycles. The number of rotatable bonds is 5. The van der Waals surface area contributed by atoms with E-state index in [0.29, 0.717) is 21.8 Å². The van der Waals surface area contributed by atoms with E-state index in [1.165, 1.54) is 35.7 Å². The van der Waals surface area contributed by atoms with Gasteiger partial charge in [0.15, 0.2) is 0 Å². The molecular weight excluding hydrogens is 390 g/mol. The Hall–Kier alpha value is -2.07. The van der Waals surface area contributed by atoms with E-state index in [1.807, 2.05) is 0 Å². The van der Waals surface area contributed by atoms with E-state index < -0.39 is 33.9 Å². The van der Waals surface area contributed by atoms with Gasteiger partial charge in [0.25, 0.3) is 0 Å². The first-order valence-corrected chi connectivity index (χ1v) is 10.4. The van der Waals surface area contributed by atoms with E-state index in [2.05, 4.69) is 0 Å². The van der Waals surface area contributed by atoms with Crippen LogP contribution in [-0.2, 0) is 21.3 Å². The van der Waals surface area contributed by atoms with E-state index in [0.717, 1.165) is 0 Å². The maximum Gasteiger partial charge on any atom is 0.216 e. The lowest BCUT2D eigenvalue weighted by molar-refractivity contribution is 0.0943. The molecule has 6 nitrogen and oxygen atoms in total. The van der Waals surface area contributed by atoms with Gasteiger partial charge in [0.2, 0.25) is 10.0 Å². The molecule has 0 aliphatic carbocycles. The Morgan fingerprint density at radius 1 is 1.11 bits per heavy atom. The lowest BCUT2D eigenvalue weighted by Gasteiger charge is -2.20. The van der Waals surface area contributed by atoms with Gasteiger partial charge >= 0.3 is 0 Å². The van der Waals surface area contributed by atoms with Crippen LogP contribution in [0, 0.1) is 11.6 Å². The normalized spacial score (nSPS) is 20.9. The van der Waals surface area contributed by atoms with Crippen molar-refractivity contribution in [2.24, 2.45) is 0 Å². The fourth-order valence-electron chi connectivity index (χ4n) is 3.81. The molecule has 150 valence electrons. The third kappa shape index (κ3) is 3.39. The highest BCUT2D eigenvalue weighted by Gasteiger charge is 2.37. The van der Waals surface area contributed by atoms with Crippen molar-refractivity contribution in [3.8, 4) is 0 Å². The molecule has 0 spiro atoms. The van der Waals surface area contributed by atoms with Crippen LogP contribution in [0.2, 0.25) is 0 Å². The number of aliphatic hydroxyl groups is 1. The van der Waals surface area contributed by atoms with Gasteiger partial charge in [-0.25, -0.2) is 17.2 Å². The van der Waals surface area contributed by atoms with Crippen molar-refractivity contribution in [1.29, 1.82) is 0 Å². The number of aliphatic hydroxyl groups excluding tert-OH is 1.